The van der Waals surface area contributed by atoms with Crippen LogP contribution >= 0.6 is 0 Å². The highest BCUT2D eigenvalue weighted by molar-refractivity contribution is 5.54. The van der Waals surface area contributed by atoms with Crippen molar-refractivity contribution in [1.82, 2.24) is 10.2 Å². The Morgan fingerprint density at radius 2 is 2.06 bits per heavy atom. The zero-order valence-corrected chi connectivity index (χ0v) is 10.0. The highest BCUT2D eigenvalue weighted by Crippen LogP contribution is 2.18. The average molecular weight is 232 g/mol. The second-order valence-electron chi connectivity index (χ2n) is 3.96. The fraction of sp³-hybridized carbons (Fsp3) is 0.333. The zero-order valence-electron chi connectivity index (χ0n) is 10.0. The summed E-state index contributed by atoms with van der Waals surface area (Å²) in [4.78, 5) is 0. The number of anilines is 2. The van der Waals surface area contributed by atoms with Crippen LogP contribution in [0.25, 0.3) is 0 Å². The zero-order chi connectivity index (χ0) is 12.3. The van der Waals surface area contributed by atoms with Gasteiger partial charge in [0.1, 0.15) is 0 Å². The molecule has 5 nitrogen and oxygen atoms in total. The molecule has 0 spiro atoms. The molecule has 2 rings (SSSR count). The molecule has 0 saturated carbocycles. The number of benzene rings is 1. The molecule has 5 heteroatoms. The van der Waals surface area contributed by atoms with Crippen LogP contribution in [-0.4, -0.2) is 16.7 Å². The van der Waals surface area contributed by atoms with Gasteiger partial charge in [0.2, 0.25) is 5.89 Å². The van der Waals surface area contributed by atoms with Crippen molar-refractivity contribution in [2.75, 3.05) is 11.9 Å². The van der Waals surface area contributed by atoms with Crippen molar-refractivity contribution in [2.45, 2.75) is 20.3 Å². The summed E-state index contributed by atoms with van der Waals surface area (Å²) in [7, 11) is 0. The number of nitrogens with zero attached hydrogens (tertiary/aromatic N) is 2. The Bertz CT molecular complexity index is 507. The summed E-state index contributed by atoms with van der Waals surface area (Å²) >= 11 is 0. The fourth-order valence-corrected chi connectivity index (χ4v) is 1.47. The Balaban J connectivity index is 2.11. The van der Waals surface area contributed by atoms with Gasteiger partial charge < -0.3 is 15.5 Å². The first kappa shape index (κ1) is 11.6. The molecule has 0 aliphatic heterocycles. The van der Waals surface area contributed by atoms with Crippen LogP contribution in [0.5, 0.6) is 0 Å². The quantitative estimate of drug-likeness (QED) is 0.842. The van der Waals surface area contributed by atoms with E-state index in [4.69, 9.17) is 10.2 Å². The summed E-state index contributed by atoms with van der Waals surface area (Å²) in [6, 6.07) is 6.48. The molecule has 1 aromatic heterocycles. The second-order valence-corrected chi connectivity index (χ2v) is 3.96. The molecule has 0 bridgehead atoms. The standard InChI is InChI=1S/C12H16N4O/c1-8-3-4-10(7-9(8)2)14-12-16-15-11(17-12)5-6-13/h3-4,7H,5-6,13H2,1-2H3,(H,14,16). The summed E-state index contributed by atoms with van der Waals surface area (Å²) in [6.07, 6.45) is 0.599. The van der Waals surface area contributed by atoms with Crippen LogP contribution in [0.4, 0.5) is 11.7 Å². The molecule has 2 aromatic rings. The lowest BCUT2D eigenvalue weighted by Crippen LogP contribution is -2.02. The maximum absolute atomic E-state index is 5.41. The van der Waals surface area contributed by atoms with Gasteiger partial charge in [-0.15, -0.1) is 5.10 Å². The third-order valence-corrected chi connectivity index (χ3v) is 2.58. The molecule has 0 unspecified atom stereocenters. The Kier molecular flexibility index (Phi) is 3.39. The van der Waals surface area contributed by atoms with E-state index in [0.717, 1.165) is 5.69 Å². The normalized spacial score (nSPS) is 10.5. The topological polar surface area (TPSA) is 77.0 Å². The average Bonchev–Trinajstić information content (AvgIpc) is 2.72. The monoisotopic (exact) mass is 232 g/mol. The number of hydrogen-bond acceptors (Lipinski definition) is 5. The molecule has 17 heavy (non-hydrogen) atoms. The Labute approximate surface area is 100 Å². The van der Waals surface area contributed by atoms with E-state index in [2.05, 4.69) is 35.4 Å². The minimum absolute atomic E-state index is 0.400. The van der Waals surface area contributed by atoms with Gasteiger partial charge >= 0.3 is 6.01 Å². The molecular weight excluding hydrogens is 216 g/mol. The van der Waals surface area contributed by atoms with Gasteiger partial charge in [0.25, 0.3) is 0 Å². The molecular formula is C12H16N4O. The number of aromatic nitrogens is 2. The number of hydrogen-bond donors (Lipinski definition) is 2. The van der Waals surface area contributed by atoms with Crippen molar-refractivity contribution in [2.24, 2.45) is 5.73 Å². The van der Waals surface area contributed by atoms with Gasteiger partial charge in [-0.25, -0.2) is 0 Å². The van der Waals surface area contributed by atoms with E-state index in [0.29, 0.717) is 24.9 Å². The highest BCUT2D eigenvalue weighted by Gasteiger charge is 2.05. The van der Waals surface area contributed by atoms with Crippen LogP contribution < -0.4 is 11.1 Å². The van der Waals surface area contributed by atoms with Gasteiger partial charge in [0.15, 0.2) is 0 Å². The number of nitrogens with two attached hydrogens (primary N) is 1. The van der Waals surface area contributed by atoms with Crippen LogP contribution in [0.3, 0.4) is 0 Å². The van der Waals surface area contributed by atoms with E-state index < -0.39 is 0 Å². The summed E-state index contributed by atoms with van der Waals surface area (Å²) in [6.45, 7) is 4.64. The summed E-state index contributed by atoms with van der Waals surface area (Å²) in [5.41, 5.74) is 8.83. The molecule has 3 N–H and O–H groups in total. The Hall–Kier alpha value is -1.88. The van der Waals surface area contributed by atoms with Crippen molar-refractivity contribution in [3.05, 3.63) is 35.2 Å². The van der Waals surface area contributed by atoms with Gasteiger partial charge in [0.05, 0.1) is 0 Å². The predicted octanol–water partition coefficient (Wildman–Crippen LogP) is 1.93. The first-order valence-electron chi connectivity index (χ1n) is 5.56. The van der Waals surface area contributed by atoms with Gasteiger partial charge in [-0.2, -0.15) is 0 Å². The van der Waals surface area contributed by atoms with Crippen LogP contribution in [-0.2, 0) is 6.42 Å². The third-order valence-electron chi connectivity index (χ3n) is 2.58. The number of rotatable bonds is 4. The van der Waals surface area contributed by atoms with E-state index in [-0.39, 0.29) is 0 Å². The molecule has 0 aliphatic rings. The molecule has 0 saturated heterocycles. The van der Waals surface area contributed by atoms with Gasteiger partial charge in [-0.3, -0.25) is 0 Å². The molecule has 0 amide bonds. The minimum atomic E-state index is 0.400. The van der Waals surface area contributed by atoms with Crippen LogP contribution in [0.1, 0.15) is 17.0 Å². The molecule has 0 atom stereocenters. The van der Waals surface area contributed by atoms with E-state index in [1.54, 1.807) is 0 Å². The van der Waals surface area contributed by atoms with Gasteiger partial charge in [-0.05, 0) is 37.1 Å². The van der Waals surface area contributed by atoms with E-state index in [1.807, 2.05) is 12.1 Å². The summed E-state index contributed by atoms with van der Waals surface area (Å²) < 4.78 is 5.38. The first-order chi connectivity index (χ1) is 8.19. The van der Waals surface area contributed by atoms with Crippen LogP contribution in [0.2, 0.25) is 0 Å². The smallest absolute Gasteiger partial charge is 0.320 e. The largest absolute Gasteiger partial charge is 0.408 e. The SMILES string of the molecule is Cc1ccc(Nc2nnc(CCN)o2)cc1C. The molecule has 90 valence electrons. The predicted molar refractivity (Wildman–Crippen MR) is 66.3 cm³/mol. The molecule has 0 fully saturated rings. The van der Waals surface area contributed by atoms with Crippen LogP contribution in [0, 0.1) is 13.8 Å². The second kappa shape index (κ2) is 4.97. The minimum Gasteiger partial charge on any atom is -0.408 e. The maximum Gasteiger partial charge on any atom is 0.320 e. The van der Waals surface area contributed by atoms with Crippen molar-refractivity contribution >= 4 is 11.7 Å². The fourth-order valence-electron chi connectivity index (χ4n) is 1.47. The van der Waals surface area contributed by atoms with Crippen molar-refractivity contribution in [3.63, 3.8) is 0 Å². The maximum atomic E-state index is 5.41. The first-order valence-corrected chi connectivity index (χ1v) is 5.56. The lowest BCUT2D eigenvalue weighted by atomic mass is 10.1. The Morgan fingerprint density at radius 3 is 2.76 bits per heavy atom. The summed E-state index contributed by atoms with van der Waals surface area (Å²) in [5.74, 6) is 0.554. The lowest BCUT2D eigenvalue weighted by Gasteiger charge is -2.04. The number of aryl methyl sites for hydroxylation is 2. The van der Waals surface area contributed by atoms with Gasteiger partial charge in [0, 0.05) is 18.7 Å². The van der Waals surface area contributed by atoms with E-state index in [1.165, 1.54) is 11.1 Å². The lowest BCUT2D eigenvalue weighted by molar-refractivity contribution is 0.510. The molecule has 1 heterocycles. The number of nitrogens with one attached hydrogen (secondary N) is 1. The highest BCUT2D eigenvalue weighted by atomic mass is 16.4. The van der Waals surface area contributed by atoms with E-state index in [9.17, 15) is 0 Å². The molecule has 0 aliphatic carbocycles. The Morgan fingerprint density at radius 1 is 1.24 bits per heavy atom. The summed E-state index contributed by atoms with van der Waals surface area (Å²) in [5, 5.41) is 10.9. The van der Waals surface area contributed by atoms with Crippen molar-refractivity contribution in [3.8, 4) is 0 Å². The van der Waals surface area contributed by atoms with E-state index >= 15 is 0 Å². The molecule has 1 aromatic carbocycles. The third kappa shape index (κ3) is 2.82. The van der Waals surface area contributed by atoms with Crippen molar-refractivity contribution < 1.29 is 4.42 Å². The molecule has 0 radical (unpaired) electrons. The van der Waals surface area contributed by atoms with Crippen molar-refractivity contribution in [1.29, 1.82) is 0 Å². The van der Waals surface area contributed by atoms with Crippen LogP contribution in [0.15, 0.2) is 22.6 Å². The van der Waals surface area contributed by atoms with Gasteiger partial charge in [-0.1, -0.05) is 11.2 Å².